The molecule has 8 nitrogen and oxygen atoms in total. The molecule has 2 saturated carbocycles. The Kier molecular flexibility index (Phi) is 4.14. The lowest BCUT2D eigenvalue weighted by Gasteiger charge is -2.48. The van der Waals surface area contributed by atoms with Gasteiger partial charge in [-0.05, 0) is 36.5 Å². The Balaban J connectivity index is 1.84. The van der Waals surface area contributed by atoms with Crippen LogP contribution in [0.25, 0.3) is 0 Å². The standard InChI is InChI=1S/C21H20N2O6/c1-23(2)13-3-4-14(24)17-11(13)6-9-5-10-7-15(25)12(8-22)19(27)21(10,29)20(28)16(9)18(17)26/h3-4,9-10,12,16,24,29H,5-7H2,1-2H3/t9-,10+,12?,16?,21-/m1/s1. The van der Waals surface area contributed by atoms with Crippen LogP contribution in [0.5, 0.6) is 5.75 Å². The van der Waals surface area contributed by atoms with E-state index in [1.807, 2.05) is 0 Å². The molecule has 1 aromatic rings. The molecule has 0 spiro atoms. The van der Waals surface area contributed by atoms with Crippen LogP contribution in [0.4, 0.5) is 5.69 Å². The number of carbonyl (C=O) groups is 4. The third-order valence-electron chi connectivity index (χ3n) is 6.59. The molecule has 0 aromatic heterocycles. The molecule has 3 aliphatic rings. The minimum Gasteiger partial charge on any atom is -0.507 e. The molecule has 0 saturated heterocycles. The fourth-order valence-electron chi connectivity index (χ4n) is 5.21. The second-order valence-electron chi connectivity index (χ2n) is 8.32. The van der Waals surface area contributed by atoms with Gasteiger partial charge >= 0.3 is 0 Å². The van der Waals surface area contributed by atoms with Gasteiger partial charge in [-0.1, -0.05) is 0 Å². The van der Waals surface area contributed by atoms with Gasteiger partial charge in [0.1, 0.15) is 5.75 Å². The Morgan fingerprint density at radius 2 is 1.83 bits per heavy atom. The summed E-state index contributed by atoms with van der Waals surface area (Å²) >= 11 is 0. The number of carbonyl (C=O) groups excluding carboxylic acids is 4. The smallest absolute Gasteiger partial charge is 0.196 e. The summed E-state index contributed by atoms with van der Waals surface area (Å²) in [7, 11) is 3.60. The lowest BCUT2D eigenvalue weighted by Crippen LogP contribution is -2.66. The molecule has 2 N–H and O–H groups in total. The number of anilines is 1. The van der Waals surface area contributed by atoms with Crippen LogP contribution in [0.2, 0.25) is 0 Å². The van der Waals surface area contributed by atoms with Crippen molar-refractivity contribution >= 4 is 28.8 Å². The van der Waals surface area contributed by atoms with Gasteiger partial charge in [-0.25, -0.2) is 0 Å². The Morgan fingerprint density at radius 1 is 1.14 bits per heavy atom. The highest BCUT2D eigenvalue weighted by molar-refractivity contribution is 6.27. The molecule has 4 rings (SSSR count). The molecule has 8 heteroatoms. The number of nitrogens with zero attached hydrogens (tertiary/aromatic N) is 2. The van der Waals surface area contributed by atoms with E-state index in [0.29, 0.717) is 12.0 Å². The normalized spacial score (nSPS) is 33.4. The van der Waals surface area contributed by atoms with Crippen molar-refractivity contribution in [2.24, 2.45) is 23.7 Å². The van der Waals surface area contributed by atoms with E-state index >= 15 is 0 Å². The van der Waals surface area contributed by atoms with E-state index in [-0.39, 0.29) is 24.2 Å². The third kappa shape index (κ3) is 2.40. The summed E-state index contributed by atoms with van der Waals surface area (Å²) in [6.07, 6.45) is 0.184. The van der Waals surface area contributed by atoms with Crippen LogP contribution in [0, 0.1) is 35.0 Å². The first-order valence-corrected chi connectivity index (χ1v) is 9.42. The number of nitriles is 1. The van der Waals surface area contributed by atoms with Gasteiger partial charge in [0.25, 0.3) is 0 Å². The molecule has 1 aromatic carbocycles. The number of phenolic OH excluding ortho intramolecular Hbond substituents is 1. The molecule has 2 unspecified atom stereocenters. The molecule has 150 valence electrons. The number of phenols is 1. The summed E-state index contributed by atoms with van der Waals surface area (Å²) in [6.45, 7) is 0. The first kappa shape index (κ1) is 19.3. The monoisotopic (exact) mass is 396 g/mol. The number of fused-ring (bicyclic) bond motifs is 3. The zero-order valence-corrected chi connectivity index (χ0v) is 16.0. The van der Waals surface area contributed by atoms with E-state index in [1.54, 1.807) is 31.1 Å². The Labute approximate surface area is 166 Å². The highest BCUT2D eigenvalue weighted by Gasteiger charge is 2.65. The number of hydrogen-bond acceptors (Lipinski definition) is 8. The number of rotatable bonds is 1. The van der Waals surface area contributed by atoms with Gasteiger partial charge in [0, 0.05) is 32.1 Å². The van der Waals surface area contributed by atoms with E-state index in [2.05, 4.69) is 0 Å². The van der Waals surface area contributed by atoms with Crippen molar-refractivity contribution < 1.29 is 29.4 Å². The fraction of sp³-hybridized carbons (Fsp3) is 0.476. The van der Waals surface area contributed by atoms with Crippen molar-refractivity contribution in [3.8, 4) is 11.8 Å². The first-order valence-electron chi connectivity index (χ1n) is 9.42. The summed E-state index contributed by atoms with van der Waals surface area (Å²) in [5, 5.41) is 30.5. The molecule has 3 aliphatic carbocycles. The van der Waals surface area contributed by atoms with Gasteiger partial charge < -0.3 is 15.1 Å². The van der Waals surface area contributed by atoms with Crippen molar-refractivity contribution in [1.29, 1.82) is 5.26 Å². The van der Waals surface area contributed by atoms with Crippen LogP contribution in [0.3, 0.4) is 0 Å². The molecule has 5 atom stereocenters. The van der Waals surface area contributed by atoms with Crippen molar-refractivity contribution in [2.45, 2.75) is 24.9 Å². The fourth-order valence-corrected chi connectivity index (χ4v) is 5.21. The zero-order valence-electron chi connectivity index (χ0n) is 16.0. The van der Waals surface area contributed by atoms with Gasteiger partial charge in [0.2, 0.25) is 0 Å². The summed E-state index contributed by atoms with van der Waals surface area (Å²) in [5.41, 5.74) is -1.14. The quantitative estimate of drug-likeness (QED) is 0.653. The molecule has 29 heavy (non-hydrogen) atoms. The predicted molar refractivity (Wildman–Crippen MR) is 99.2 cm³/mol. The van der Waals surface area contributed by atoms with Gasteiger partial charge in [-0.2, -0.15) is 5.26 Å². The Morgan fingerprint density at radius 3 is 2.45 bits per heavy atom. The minimum atomic E-state index is -2.52. The zero-order chi connectivity index (χ0) is 21.2. The molecule has 0 aliphatic heterocycles. The first-order chi connectivity index (χ1) is 13.6. The lowest BCUT2D eigenvalue weighted by atomic mass is 9.54. The van der Waals surface area contributed by atoms with Crippen molar-refractivity contribution in [2.75, 3.05) is 19.0 Å². The summed E-state index contributed by atoms with van der Waals surface area (Å²) in [5.74, 6) is -8.00. The Bertz CT molecular complexity index is 1020. The van der Waals surface area contributed by atoms with E-state index in [0.717, 1.165) is 5.69 Å². The van der Waals surface area contributed by atoms with Crippen LogP contribution in [-0.2, 0) is 20.8 Å². The third-order valence-corrected chi connectivity index (χ3v) is 6.59. The summed E-state index contributed by atoms with van der Waals surface area (Å²) < 4.78 is 0. The number of Topliss-reactive ketones (excluding diaryl/α,β-unsaturated/α-hetero) is 4. The SMILES string of the molecule is CN(C)c1ccc(O)c2c1C[C@H]1C[C@H]3CC(=O)C(C#N)C(=O)[C@@]3(O)C(=O)C1C2=O. The van der Waals surface area contributed by atoms with E-state index < -0.39 is 52.4 Å². The van der Waals surface area contributed by atoms with E-state index in [4.69, 9.17) is 5.26 Å². The molecule has 0 bridgehead atoms. The van der Waals surface area contributed by atoms with Gasteiger partial charge in [-0.3, -0.25) is 19.2 Å². The highest BCUT2D eigenvalue weighted by Crippen LogP contribution is 2.50. The number of benzene rings is 1. The number of hydrogen-bond donors (Lipinski definition) is 2. The van der Waals surface area contributed by atoms with Crippen LogP contribution >= 0.6 is 0 Å². The average Bonchev–Trinajstić information content (AvgIpc) is 2.65. The van der Waals surface area contributed by atoms with Gasteiger partial charge in [0.05, 0.1) is 17.6 Å². The van der Waals surface area contributed by atoms with Crippen LogP contribution in [0.15, 0.2) is 12.1 Å². The lowest BCUT2D eigenvalue weighted by molar-refractivity contribution is -0.173. The maximum atomic E-state index is 13.2. The highest BCUT2D eigenvalue weighted by atomic mass is 16.3. The second kappa shape index (κ2) is 6.22. The Hall–Kier alpha value is -3.05. The maximum absolute atomic E-state index is 13.2. The molecular weight excluding hydrogens is 376 g/mol. The number of ketones is 4. The van der Waals surface area contributed by atoms with Gasteiger partial charge in [-0.15, -0.1) is 0 Å². The maximum Gasteiger partial charge on any atom is 0.196 e. The van der Waals surface area contributed by atoms with Crippen molar-refractivity contribution in [1.82, 2.24) is 0 Å². The largest absolute Gasteiger partial charge is 0.507 e. The molecule has 2 fully saturated rings. The molecule has 0 radical (unpaired) electrons. The van der Waals surface area contributed by atoms with E-state index in [1.165, 1.54) is 6.07 Å². The van der Waals surface area contributed by atoms with Crippen LogP contribution < -0.4 is 4.90 Å². The van der Waals surface area contributed by atoms with Crippen molar-refractivity contribution in [3.63, 3.8) is 0 Å². The van der Waals surface area contributed by atoms with Gasteiger partial charge in [0.15, 0.2) is 34.7 Å². The number of aliphatic hydroxyl groups is 1. The number of aromatic hydroxyl groups is 1. The van der Waals surface area contributed by atoms with Crippen molar-refractivity contribution in [3.05, 3.63) is 23.3 Å². The minimum absolute atomic E-state index is 0.0315. The molecule has 0 heterocycles. The van der Waals surface area contributed by atoms with E-state index in [9.17, 15) is 29.4 Å². The topological polar surface area (TPSA) is 136 Å². The van der Waals surface area contributed by atoms with Crippen LogP contribution in [-0.4, -0.2) is 53.0 Å². The van der Waals surface area contributed by atoms with Crippen LogP contribution in [0.1, 0.15) is 28.8 Å². The summed E-state index contributed by atoms with van der Waals surface area (Å²) in [6, 6.07) is 4.64. The molecule has 0 amide bonds. The average molecular weight is 396 g/mol. The summed E-state index contributed by atoms with van der Waals surface area (Å²) in [4.78, 5) is 53.2. The molecular formula is C21H20N2O6. The second-order valence-corrected chi connectivity index (χ2v) is 8.32. The predicted octanol–water partition coefficient (Wildman–Crippen LogP) is 0.431.